The van der Waals surface area contributed by atoms with Gasteiger partial charge in [0.2, 0.25) is 0 Å². The van der Waals surface area contributed by atoms with Crippen LogP contribution in [0.5, 0.6) is 0 Å². The first-order valence-electron chi connectivity index (χ1n) is 9.63. The Morgan fingerprint density at radius 3 is 1.72 bits per heavy atom. The molecule has 0 N–H and O–H groups in total. The first-order chi connectivity index (χ1) is 11.1. The molecule has 2 unspecified atom stereocenters. The van der Waals surface area contributed by atoms with Gasteiger partial charge in [0.1, 0.15) is 0 Å². The van der Waals surface area contributed by atoms with Crippen LogP contribution in [0, 0.1) is 11.8 Å². The van der Waals surface area contributed by atoms with E-state index >= 15 is 0 Å². The molecule has 0 amide bonds. The SMILES string of the molecule is COC1=CC(CO[Si](C)(C)C(C)(C)C)C(CO[Si](C)(C)C(C)(C)C)C1. The van der Waals surface area contributed by atoms with Crippen LogP contribution in [0.1, 0.15) is 48.0 Å². The van der Waals surface area contributed by atoms with Crippen molar-refractivity contribution in [2.75, 3.05) is 20.3 Å². The third-order valence-corrected chi connectivity index (χ3v) is 15.6. The summed E-state index contributed by atoms with van der Waals surface area (Å²) >= 11 is 0. The molecule has 3 nitrogen and oxygen atoms in total. The fourth-order valence-corrected chi connectivity index (χ4v) is 4.53. The zero-order chi connectivity index (χ0) is 19.7. The highest BCUT2D eigenvalue weighted by Gasteiger charge is 2.41. The van der Waals surface area contributed by atoms with Crippen molar-refractivity contribution >= 4 is 16.6 Å². The molecule has 2 atom stereocenters. The Morgan fingerprint density at radius 1 is 0.880 bits per heavy atom. The molecule has 0 aliphatic heterocycles. The predicted octanol–water partition coefficient (Wildman–Crippen LogP) is 6.20. The molecule has 5 heteroatoms. The summed E-state index contributed by atoms with van der Waals surface area (Å²) in [5, 5.41) is 0.489. The van der Waals surface area contributed by atoms with Crippen LogP contribution in [0.25, 0.3) is 0 Å². The molecule has 0 spiro atoms. The van der Waals surface area contributed by atoms with Crippen molar-refractivity contribution in [3.8, 4) is 0 Å². The average molecular weight is 387 g/mol. The van der Waals surface area contributed by atoms with Gasteiger partial charge in [-0.1, -0.05) is 41.5 Å². The number of hydrogen-bond donors (Lipinski definition) is 0. The largest absolute Gasteiger partial charge is 0.501 e. The number of rotatable bonds is 7. The van der Waals surface area contributed by atoms with E-state index in [-0.39, 0.29) is 10.1 Å². The third kappa shape index (κ3) is 5.94. The van der Waals surface area contributed by atoms with E-state index in [4.69, 9.17) is 13.6 Å². The molecule has 0 radical (unpaired) electrons. The Bertz CT molecular complexity index is 470. The Kier molecular flexibility index (Phi) is 7.22. The molecule has 0 heterocycles. The normalized spacial score (nSPS) is 22.9. The molecule has 0 aromatic carbocycles. The monoisotopic (exact) mass is 386 g/mol. The minimum absolute atomic E-state index is 0.243. The molecule has 0 saturated carbocycles. The zero-order valence-electron chi connectivity index (χ0n) is 18.6. The van der Waals surface area contributed by atoms with Crippen molar-refractivity contribution in [3.05, 3.63) is 11.8 Å². The standard InChI is InChI=1S/C20H42O3Si2/c1-19(2,3)24(8,9)22-14-16-12-18(21-7)13-17(16)15-23-25(10,11)20(4,5)6/h12,16-17H,13-15H2,1-11H3. The minimum Gasteiger partial charge on any atom is -0.501 e. The van der Waals surface area contributed by atoms with E-state index in [1.807, 2.05) is 0 Å². The fourth-order valence-electron chi connectivity index (χ4n) is 2.42. The number of allylic oxidation sites excluding steroid dienone is 1. The molecule has 148 valence electrons. The Morgan fingerprint density at radius 2 is 1.32 bits per heavy atom. The van der Waals surface area contributed by atoms with Gasteiger partial charge in [-0.15, -0.1) is 0 Å². The van der Waals surface area contributed by atoms with E-state index in [1.165, 1.54) is 0 Å². The molecule has 0 saturated heterocycles. The van der Waals surface area contributed by atoms with Gasteiger partial charge in [-0.3, -0.25) is 0 Å². The Balaban J connectivity index is 2.74. The van der Waals surface area contributed by atoms with Gasteiger partial charge >= 0.3 is 0 Å². The van der Waals surface area contributed by atoms with Gasteiger partial charge in [0.05, 0.1) is 12.9 Å². The van der Waals surface area contributed by atoms with E-state index in [9.17, 15) is 0 Å². The van der Waals surface area contributed by atoms with Crippen molar-refractivity contribution < 1.29 is 13.6 Å². The highest BCUT2D eigenvalue weighted by Crippen LogP contribution is 2.41. The number of methoxy groups -OCH3 is 1. The van der Waals surface area contributed by atoms with Gasteiger partial charge in [-0.25, -0.2) is 0 Å². The van der Waals surface area contributed by atoms with Crippen LogP contribution in [-0.4, -0.2) is 37.0 Å². The van der Waals surface area contributed by atoms with Crippen LogP contribution in [0.15, 0.2) is 11.8 Å². The molecule has 0 fully saturated rings. The summed E-state index contributed by atoms with van der Waals surface area (Å²) in [6.07, 6.45) is 3.24. The van der Waals surface area contributed by atoms with Crippen LogP contribution in [-0.2, 0) is 13.6 Å². The summed E-state index contributed by atoms with van der Waals surface area (Å²) in [5.41, 5.74) is 0. The first kappa shape index (κ1) is 22.9. The zero-order valence-corrected chi connectivity index (χ0v) is 20.6. The third-order valence-electron chi connectivity index (χ3n) is 6.64. The highest BCUT2D eigenvalue weighted by molar-refractivity contribution is 6.74. The Hall–Kier alpha value is -0.106. The summed E-state index contributed by atoms with van der Waals surface area (Å²) in [7, 11) is -1.67. The second-order valence-corrected chi connectivity index (χ2v) is 20.2. The maximum Gasteiger partial charge on any atom is 0.192 e. The summed E-state index contributed by atoms with van der Waals surface area (Å²) in [6.45, 7) is 24.7. The fraction of sp³-hybridized carbons (Fsp3) is 0.900. The van der Waals surface area contributed by atoms with Crippen molar-refractivity contribution in [2.45, 2.75) is 84.2 Å². The maximum atomic E-state index is 6.51. The Labute approximate surface area is 158 Å². The molecular weight excluding hydrogens is 344 g/mol. The molecule has 1 aliphatic rings. The second kappa shape index (κ2) is 7.87. The lowest BCUT2D eigenvalue weighted by atomic mass is 9.98. The molecule has 1 rings (SSSR count). The van der Waals surface area contributed by atoms with Crippen molar-refractivity contribution in [1.29, 1.82) is 0 Å². The van der Waals surface area contributed by atoms with Gasteiger partial charge in [0.25, 0.3) is 0 Å². The van der Waals surface area contributed by atoms with Crippen molar-refractivity contribution in [2.24, 2.45) is 11.8 Å². The summed E-state index contributed by atoms with van der Waals surface area (Å²) in [4.78, 5) is 0. The minimum atomic E-state index is -1.73. The smallest absolute Gasteiger partial charge is 0.192 e. The van der Waals surface area contributed by atoms with Crippen LogP contribution in [0.4, 0.5) is 0 Å². The molecular formula is C20H42O3Si2. The predicted molar refractivity (Wildman–Crippen MR) is 113 cm³/mol. The summed E-state index contributed by atoms with van der Waals surface area (Å²) in [5.74, 6) is 1.95. The summed E-state index contributed by atoms with van der Waals surface area (Å²) in [6, 6.07) is 0. The molecule has 25 heavy (non-hydrogen) atoms. The molecule has 0 bridgehead atoms. The molecule has 1 aliphatic carbocycles. The second-order valence-electron chi connectivity index (χ2n) is 10.6. The van der Waals surface area contributed by atoms with E-state index in [2.05, 4.69) is 73.8 Å². The van der Waals surface area contributed by atoms with Crippen molar-refractivity contribution in [1.82, 2.24) is 0 Å². The first-order valence-corrected chi connectivity index (χ1v) is 15.4. The van der Waals surface area contributed by atoms with Crippen LogP contribution < -0.4 is 0 Å². The lowest BCUT2D eigenvalue weighted by molar-refractivity contribution is 0.155. The highest BCUT2D eigenvalue weighted by atomic mass is 28.4. The average Bonchev–Trinajstić information content (AvgIpc) is 2.83. The van der Waals surface area contributed by atoms with E-state index in [0.29, 0.717) is 11.8 Å². The number of ether oxygens (including phenoxy) is 1. The maximum absolute atomic E-state index is 6.51. The van der Waals surface area contributed by atoms with E-state index in [1.54, 1.807) is 7.11 Å². The van der Waals surface area contributed by atoms with Crippen LogP contribution >= 0.6 is 0 Å². The lowest BCUT2D eigenvalue weighted by Crippen LogP contribution is -2.44. The number of hydrogen-bond acceptors (Lipinski definition) is 3. The van der Waals surface area contributed by atoms with Gasteiger partial charge in [0, 0.05) is 25.6 Å². The van der Waals surface area contributed by atoms with Gasteiger partial charge in [-0.2, -0.15) is 0 Å². The van der Waals surface area contributed by atoms with Gasteiger partial charge in [-0.05, 0) is 48.3 Å². The van der Waals surface area contributed by atoms with Crippen LogP contribution in [0.2, 0.25) is 36.3 Å². The van der Waals surface area contributed by atoms with E-state index in [0.717, 1.165) is 25.4 Å². The lowest BCUT2D eigenvalue weighted by Gasteiger charge is -2.39. The quantitative estimate of drug-likeness (QED) is 0.488. The molecule has 0 aromatic heterocycles. The topological polar surface area (TPSA) is 27.7 Å². The van der Waals surface area contributed by atoms with Crippen LogP contribution in [0.3, 0.4) is 0 Å². The summed E-state index contributed by atoms with van der Waals surface area (Å²) < 4.78 is 18.5. The van der Waals surface area contributed by atoms with Gasteiger partial charge < -0.3 is 13.6 Å². The molecule has 0 aromatic rings. The van der Waals surface area contributed by atoms with Crippen molar-refractivity contribution in [3.63, 3.8) is 0 Å². The van der Waals surface area contributed by atoms with Gasteiger partial charge in [0.15, 0.2) is 16.6 Å². The van der Waals surface area contributed by atoms with E-state index < -0.39 is 16.6 Å².